The Morgan fingerprint density at radius 3 is 2.79 bits per heavy atom. The van der Waals surface area contributed by atoms with Crippen molar-refractivity contribution in [3.63, 3.8) is 0 Å². The Kier molecular flexibility index (Phi) is 1.87. The van der Waals surface area contributed by atoms with E-state index in [2.05, 4.69) is 26.0 Å². The van der Waals surface area contributed by atoms with Gasteiger partial charge in [0.2, 0.25) is 0 Å². The van der Waals surface area contributed by atoms with Gasteiger partial charge in [-0.2, -0.15) is 0 Å². The summed E-state index contributed by atoms with van der Waals surface area (Å²) in [5.74, 6) is 3.83. The van der Waals surface area contributed by atoms with E-state index in [1.54, 1.807) is 11.1 Å². The normalized spacial score (nSPS) is 43.9. The van der Waals surface area contributed by atoms with Crippen LogP contribution in [0.2, 0.25) is 0 Å². The van der Waals surface area contributed by atoms with Crippen LogP contribution < -0.4 is 0 Å². The van der Waals surface area contributed by atoms with Crippen LogP contribution in [0.15, 0.2) is 23.3 Å². The number of hydrogen-bond donors (Lipinski definition) is 0. The molecule has 0 nitrogen and oxygen atoms in total. The number of rotatable bonds is 2. The highest BCUT2D eigenvalue weighted by Gasteiger charge is 2.48. The van der Waals surface area contributed by atoms with Crippen molar-refractivity contribution in [1.82, 2.24) is 0 Å². The second-order valence-electron chi connectivity index (χ2n) is 5.22. The maximum absolute atomic E-state index is 2.61. The molecule has 2 bridgehead atoms. The van der Waals surface area contributed by atoms with Crippen LogP contribution in [0.5, 0.6) is 0 Å². The lowest BCUT2D eigenvalue weighted by Gasteiger charge is -2.24. The van der Waals surface area contributed by atoms with Gasteiger partial charge in [0.15, 0.2) is 0 Å². The van der Waals surface area contributed by atoms with E-state index in [-0.39, 0.29) is 0 Å². The summed E-state index contributed by atoms with van der Waals surface area (Å²) >= 11 is 0. The zero-order valence-electron chi connectivity index (χ0n) is 9.29. The first-order valence-corrected chi connectivity index (χ1v) is 6.23. The number of allylic oxidation sites excluding steroid dienone is 4. The minimum absolute atomic E-state index is 0.920. The Morgan fingerprint density at radius 2 is 2.07 bits per heavy atom. The topological polar surface area (TPSA) is 0 Å². The SMILES string of the molecule is CCC1=C[C@H]2[C@@H](C1)[C@@H]1C[C@H]2C=C1CC. The summed E-state index contributed by atoms with van der Waals surface area (Å²) in [4.78, 5) is 0. The van der Waals surface area contributed by atoms with Gasteiger partial charge in [0.1, 0.15) is 0 Å². The van der Waals surface area contributed by atoms with E-state index in [0.29, 0.717) is 0 Å². The van der Waals surface area contributed by atoms with E-state index in [1.807, 2.05) is 0 Å². The Labute approximate surface area is 87.1 Å². The summed E-state index contributed by atoms with van der Waals surface area (Å²) in [5, 5.41) is 0. The van der Waals surface area contributed by atoms with Crippen molar-refractivity contribution in [2.75, 3.05) is 0 Å². The van der Waals surface area contributed by atoms with Gasteiger partial charge in [0.25, 0.3) is 0 Å². The summed E-state index contributed by atoms with van der Waals surface area (Å²) < 4.78 is 0. The van der Waals surface area contributed by atoms with Gasteiger partial charge in [-0.3, -0.25) is 0 Å². The fraction of sp³-hybridized carbons (Fsp3) is 0.714. The predicted octanol–water partition coefficient (Wildman–Crippen LogP) is 3.95. The molecule has 1 saturated carbocycles. The molecule has 0 aromatic rings. The van der Waals surface area contributed by atoms with Gasteiger partial charge >= 0.3 is 0 Å². The first-order chi connectivity index (χ1) is 6.83. The molecule has 3 rings (SSSR count). The molecule has 0 radical (unpaired) electrons. The summed E-state index contributed by atoms with van der Waals surface area (Å²) in [7, 11) is 0. The van der Waals surface area contributed by atoms with Crippen molar-refractivity contribution in [3.05, 3.63) is 23.3 Å². The van der Waals surface area contributed by atoms with Crippen LogP contribution in [0.4, 0.5) is 0 Å². The van der Waals surface area contributed by atoms with E-state index < -0.39 is 0 Å². The van der Waals surface area contributed by atoms with E-state index in [1.165, 1.54) is 25.7 Å². The van der Waals surface area contributed by atoms with Crippen LogP contribution in [-0.2, 0) is 0 Å². The molecule has 3 aliphatic rings. The fourth-order valence-electron chi connectivity index (χ4n) is 4.03. The lowest BCUT2D eigenvalue weighted by atomic mass is 9.80. The largest absolute Gasteiger partial charge is 0.0813 e. The Bertz CT molecular complexity index is 308. The number of hydrogen-bond acceptors (Lipinski definition) is 0. The average Bonchev–Trinajstić information content (AvgIpc) is 2.87. The van der Waals surface area contributed by atoms with E-state index >= 15 is 0 Å². The molecule has 0 spiro atoms. The molecule has 0 heterocycles. The van der Waals surface area contributed by atoms with Crippen molar-refractivity contribution in [1.29, 1.82) is 0 Å². The smallest absolute Gasteiger partial charge is 0.0130 e. The molecular weight excluding hydrogens is 168 g/mol. The summed E-state index contributed by atoms with van der Waals surface area (Å²) in [5.41, 5.74) is 3.52. The van der Waals surface area contributed by atoms with Gasteiger partial charge in [-0.15, -0.1) is 0 Å². The monoisotopic (exact) mass is 188 g/mol. The zero-order chi connectivity index (χ0) is 9.71. The van der Waals surface area contributed by atoms with Crippen LogP contribution in [0.25, 0.3) is 0 Å². The standard InChI is InChI=1S/C14H20/c1-3-9-5-12-11-7-10(4-2)13(8-11)14(12)6-9/h5,7,11-14H,3-4,6,8H2,1-2H3/t11-,12-,13-,14-/m1/s1. The third-order valence-electron chi connectivity index (χ3n) is 4.72. The minimum atomic E-state index is 0.920. The van der Waals surface area contributed by atoms with Crippen molar-refractivity contribution in [2.24, 2.45) is 23.7 Å². The molecule has 76 valence electrons. The molecule has 3 aliphatic carbocycles. The van der Waals surface area contributed by atoms with Crippen LogP contribution in [0.1, 0.15) is 39.5 Å². The van der Waals surface area contributed by atoms with Crippen LogP contribution in [-0.4, -0.2) is 0 Å². The highest BCUT2D eigenvalue weighted by Crippen LogP contribution is 2.57. The molecule has 0 aromatic heterocycles. The van der Waals surface area contributed by atoms with E-state index in [0.717, 1.165) is 23.7 Å². The van der Waals surface area contributed by atoms with Crippen molar-refractivity contribution in [3.8, 4) is 0 Å². The van der Waals surface area contributed by atoms with E-state index in [9.17, 15) is 0 Å². The molecular formula is C14H20. The third-order valence-corrected chi connectivity index (χ3v) is 4.72. The van der Waals surface area contributed by atoms with Crippen LogP contribution in [0.3, 0.4) is 0 Å². The molecule has 0 N–H and O–H groups in total. The Morgan fingerprint density at radius 1 is 1.21 bits per heavy atom. The molecule has 0 aromatic carbocycles. The zero-order valence-corrected chi connectivity index (χ0v) is 9.29. The van der Waals surface area contributed by atoms with Crippen LogP contribution >= 0.6 is 0 Å². The molecule has 14 heavy (non-hydrogen) atoms. The lowest BCUT2D eigenvalue weighted by molar-refractivity contribution is 0.375. The molecule has 1 fully saturated rings. The maximum Gasteiger partial charge on any atom is -0.0130 e. The third kappa shape index (κ3) is 1.00. The second kappa shape index (κ2) is 2.98. The summed E-state index contributed by atoms with van der Waals surface area (Å²) in [6, 6.07) is 0. The van der Waals surface area contributed by atoms with Gasteiger partial charge in [-0.25, -0.2) is 0 Å². The van der Waals surface area contributed by atoms with Gasteiger partial charge in [-0.05, 0) is 49.4 Å². The highest BCUT2D eigenvalue weighted by atomic mass is 14.5. The van der Waals surface area contributed by atoms with Crippen molar-refractivity contribution >= 4 is 0 Å². The predicted molar refractivity (Wildman–Crippen MR) is 59.9 cm³/mol. The highest BCUT2D eigenvalue weighted by molar-refractivity contribution is 5.31. The van der Waals surface area contributed by atoms with Gasteiger partial charge in [0, 0.05) is 0 Å². The molecule has 0 unspecified atom stereocenters. The molecule has 0 heteroatoms. The Balaban J connectivity index is 1.86. The lowest BCUT2D eigenvalue weighted by Crippen LogP contribution is -2.16. The molecule has 0 aliphatic heterocycles. The molecule has 0 amide bonds. The van der Waals surface area contributed by atoms with Crippen molar-refractivity contribution < 1.29 is 0 Å². The number of fused-ring (bicyclic) bond motifs is 5. The molecule has 4 atom stereocenters. The second-order valence-corrected chi connectivity index (χ2v) is 5.22. The first kappa shape index (κ1) is 8.76. The minimum Gasteiger partial charge on any atom is -0.0813 e. The quantitative estimate of drug-likeness (QED) is 0.576. The van der Waals surface area contributed by atoms with Crippen molar-refractivity contribution in [2.45, 2.75) is 39.5 Å². The van der Waals surface area contributed by atoms with E-state index in [4.69, 9.17) is 0 Å². The maximum atomic E-state index is 2.61. The molecule has 0 saturated heterocycles. The van der Waals surface area contributed by atoms with Gasteiger partial charge in [0.05, 0.1) is 0 Å². The Hall–Kier alpha value is -0.520. The van der Waals surface area contributed by atoms with Crippen LogP contribution in [0, 0.1) is 23.7 Å². The first-order valence-electron chi connectivity index (χ1n) is 6.23. The average molecular weight is 188 g/mol. The fourth-order valence-corrected chi connectivity index (χ4v) is 4.03. The summed E-state index contributed by atoms with van der Waals surface area (Å²) in [6.07, 6.45) is 10.7. The van der Waals surface area contributed by atoms with Gasteiger partial charge in [-0.1, -0.05) is 37.1 Å². The van der Waals surface area contributed by atoms with Gasteiger partial charge < -0.3 is 0 Å². The summed E-state index contributed by atoms with van der Waals surface area (Å²) in [6.45, 7) is 4.63.